The first-order valence-corrected chi connectivity index (χ1v) is 12.0. The van der Waals surface area contributed by atoms with Gasteiger partial charge in [-0.05, 0) is 99.2 Å². The Morgan fingerprint density at radius 1 is 0.862 bits per heavy atom. The summed E-state index contributed by atoms with van der Waals surface area (Å²) < 4.78 is 11.3. The molecule has 0 radical (unpaired) electrons. The summed E-state index contributed by atoms with van der Waals surface area (Å²) in [7, 11) is 0. The maximum Gasteiger partial charge on any atom is 0.302 e. The third-order valence-electron chi connectivity index (χ3n) is 9.94. The number of carbonyl (C=O) groups excluding carboxylic acids is 2. The molecule has 0 spiro atoms. The molecule has 0 heterocycles. The van der Waals surface area contributed by atoms with E-state index in [9.17, 15) is 9.59 Å². The van der Waals surface area contributed by atoms with E-state index in [4.69, 9.17) is 9.47 Å². The average Bonchev–Trinajstić information content (AvgIpc) is 2.98. The van der Waals surface area contributed by atoms with Crippen LogP contribution >= 0.6 is 0 Å². The van der Waals surface area contributed by atoms with Gasteiger partial charge in [0.15, 0.2) is 0 Å². The minimum atomic E-state index is -0.143. The van der Waals surface area contributed by atoms with Gasteiger partial charge < -0.3 is 9.47 Å². The molecule has 9 atom stereocenters. The second kappa shape index (κ2) is 7.57. The molecular weight excluding hydrogens is 364 g/mol. The van der Waals surface area contributed by atoms with E-state index in [0.29, 0.717) is 22.7 Å². The summed E-state index contributed by atoms with van der Waals surface area (Å²) in [5, 5.41) is 0. The first-order chi connectivity index (χ1) is 13.6. The Bertz CT molecular complexity index is 659. The van der Waals surface area contributed by atoms with E-state index in [2.05, 4.69) is 20.8 Å². The van der Waals surface area contributed by atoms with Gasteiger partial charge >= 0.3 is 11.9 Å². The fourth-order valence-electron chi connectivity index (χ4n) is 8.72. The summed E-state index contributed by atoms with van der Waals surface area (Å²) in [5.41, 5.74) is 0.717. The Kier molecular flexibility index (Phi) is 5.53. The lowest BCUT2D eigenvalue weighted by molar-refractivity contribution is -0.164. The highest BCUT2D eigenvalue weighted by molar-refractivity contribution is 5.66. The number of carbonyl (C=O) groups is 2. The molecule has 0 saturated heterocycles. The molecule has 0 aromatic carbocycles. The fourth-order valence-corrected chi connectivity index (χ4v) is 8.72. The second-order valence-corrected chi connectivity index (χ2v) is 11.2. The lowest BCUT2D eigenvalue weighted by atomic mass is 9.44. The average molecular weight is 405 g/mol. The molecule has 0 unspecified atom stereocenters. The van der Waals surface area contributed by atoms with Crippen LogP contribution in [-0.4, -0.2) is 24.1 Å². The zero-order valence-corrected chi connectivity index (χ0v) is 19.0. The van der Waals surface area contributed by atoms with Crippen LogP contribution in [-0.2, 0) is 19.1 Å². The van der Waals surface area contributed by atoms with Crippen molar-refractivity contribution in [3.05, 3.63) is 0 Å². The number of hydrogen-bond acceptors (Lipinski definition) is 4. The topological polar surface area (TPSA) is 52.6 Å². The van der Waals surface area contributed by atoms with Crippen molar-refractivity contribution in [1.82, 2.24) is 0 Å². The van der Waals surface area contributed by atoms with Crippen LogP contribution in [0.25, 0.3) is 0 Å². The van der Waals surface area contributed by atoms with Crippen molar-refractivity contribution in [3.8, 4) is 0 Å². The normalized spacial score (nSPS) is 47.3. The van der Waals surface area contributed by atoms with Crippen molar-refractivity contribution in [2.45, 2.75) is 105 Å². The molecule has 0 amide bonds. The zero-order chi connectivity index (χ0) is 21.0. The summed E-state index contributed by atoms with van der Waals surface area (Å²) >= 11 is 0. The molecule has 0 aliphatic heterocycles. The van der Waals surface area contributed by atoms with E-state index in [1.165, 1.54) is 51.9 Å². The van der Waals surface area contributed by atoms with E-state index in [-0.39, 0.29) is 24.1 Å². The van der Waals surface area contributed by atoms with Gasteiger partial charge in [-0.15, -0.1) is 0 Å². The summed E-state index contributed by atoms with van der Waals surface area (Å²) in [5.74, 6) is 3.32. The minimum Gasteiger partial charge on any atom is -0.463 e. The molecule has 29 heavy (non-hydrogen) atoms. The fraction of sp³-hybridized carbons (Fsp3) is 0.920. The molecule has 4 saturated carbocycles. The maximum absolute atomic E-state index is 11.5. The van der Waals surface area contributed by atoms with Crippen LogP contribution in [0.1, 0.15) is 92.4 Å². The monoisotopic (exact) mass is 404 g/mol. The van der Waals surface area contributed by atoms with Crippen molar-refractivity contribution in [3.63, 3.8) is 0 Å². The quantitative estimate of drug-likeness (QED) is 0.581. The first kappa shape index (κ1) is 21.2. The van der Waals surface area contributed by atoms with Crippen molar-refractivity contribution in [1.29, 1.82) is 0 Å². The highest BCUT2D eigenvalue weighted by atomic mass is 16.5. The molecule has 164 valence electrons. The van der Waals surface area contributed by atoms with E-state index in [0.717, 1.165) is 30.6 Å². The lowest BCUT2D eigenvalue weighted by Crippen LogP contribution is -2.54. The van der Waals surface area contributed by atoms with Gasteiger partial charge in [0.2, 0.25) is 0 Å². The zero-order valence-electron chi connectivity index (χ0n) is 19.0. The van der Waals surface area contributed by atoms with E-state index < -0.39 is 0 Å². The molecule has 4 aliphatic rings. The Labute approximate surface area is 176 Å². The Morgan fingerprint density at radius 2 is 1.55 bits per heavy atom. The van der Waals surface area contributed by atoms with E-state index in [1.54, 1.807) is 6.92 Å². The van der Waals surface area contributed by atoms with Crippen LogP contribution < -0.4 is 0 Å². The molecule has 4 rings (SSSR count). The minimum absolute atomic E-state index is 0.0325. The lowest BCUT2D eigenvalue weighted by Gasteiger charge is -2.61. The third-order valence-corrected chi connectivity index (χ3v) is 9.94. The van der Waals surface area contributed by atoms with Crippen LogP contribution in [0.4, 0.5) is 0 Å². The van der Waals surface area contributed by atoms with Gasteiger partial charge in [0.1, 0.15) is 12.2 Å². The molecule has 4 fully saturated rings. The van der Waals surface area contributed by atoms with E-state index in [1.807, 2.05) is 0 Å². The molecule has 0 N–H and O–H groups in total. The van der Waals surface area contributed by atoms with Gasteiger partial charge in [-0.1, -0.05) is 13.8 Å². The van der Waals surface area contributed by atoms with Crippen LogP contribution in [0.15, 0.2) is 0 Å². The number of esters is 2. The van der Waals surface area contributed by atoms with Crippen LogP contribution in [0.2, 0.25) is 0 Å². The second-order valence-electron chi connectivity index (χ2n) is 11.2. The standard InChI is InChI=1S/C25H40O4/c1-15(28-16(2)26)21-8-9-22-20-7-6-18-14-19(29-17(3)27)10-12-24(18,4)23(20)11-13-25(21,22)5/h15,18-23H,6-14H2,1-5H3/t15-,18-,19-,20-,21+,22-,23-,24-,25+/m0/s1. The molecule has 0 bridgehead atoms. The number of hydrogen-bond donors (Lipinski definition) is 0. The number of rotatable bonds is 3. The number of fused-ring (bicyclic) bond motifs is 5. The van der Waals surface area contributed by atoms with Crippen molar-refractivity contribution >= 4 is 11.9 Å². The summed E-state index contributed by atoms with van der Waals surface area (Å²) in [6.07, 6.45) is 11.2. The Balaban J connectivity index is 1.50. The third kappa shape index (κ3) is 3.53. The highest BCUT2D eigenvalue weighted by Gasteiger charge is 2.61. The first-order valence-electron chi connectivity index (χ1n) is 12.0. The summed E-state index contributed by atoms with van der Waals surface area (Å²) in [6, 6.07) is 0. The predicted octanol–water partition coefficient (Wildman–Crippen LogP) is 5.53. The summed E-state index contributed by atoms with van der Waals surface area (Å²) in [6.45, 7) is 10.2. The smallest absolute Gasteiger partial charge is 0.302 e. The van der Waals surface area contributed by atoms with Gasteiger partial charge in [-0.25, -0.2) is 0 Å². The van der Waals surface area contributed by atoms with Crippen molar-refractivity contribution < 1.29 is 19.1 Å². The number of ether oxygens (including phenoxy) is 2. The van der Waals surface area contributed by atoms with Crippen molar-refractivity contribution in [2.24, 2.45) is 40.4 Å². The van der Waals surface area contributed by atoms with Gasteiger partial charge in [0.25, 0.3) is 0 Å². The molecule has 4 aliphatic carbocycles. The Hall–Kier alpha value is -1.06. The molecular formula is C25H40O4. The van der Waals surface area contributed by atoms with Gasteiger partial charge in [-0.2, -0.15) is 0 Å². The Morgan fingerprint density at radius 3 is 2.24 bits per heavy atom. The largest absolute Gasteiger partial charge is 0.463 e. The molecule has 0 aromatic heterocycles. The van der Waals surface area contributed by atoms with Crippen molar-refractivity contribution in [2.75, 3.05) is 0 Å². The van der Waals surface area contributed by atoms with Crippen LogP contribution in [0, 0.1) is 40.4 Å². The van der Waals surface area contributed by atoms with Crippen LogP contribution in [0.5, 0.6) is 0 Å². The maximum atomic E-state index is 11.5. The van der Waals surface area contributed by atoms with Crippen LogP contribution in [0.3, 0.4) is 0 Å². The highest BCUT2D eigenvalue weighted by Crippen LogP contribution is 2.68. The summed E-state index contributed by atoms with van der Waals surface area (Å²) in [4.78, 5) is 23.0. The van der Waals surface area contributed by atoms with Gasteiger partial charge in [0, 0.05) is 19.8 Å². The predicted molar refractivity (Wildman–Crippen MR) is 112 cm³/mol. The molecule has 0 aromatic rings. The van der Waals surface area contributed by atoms with E-state index >= 15 is 0 Å². The molecule has 4 nitrogen and oxygen atoms in total. The molecule has 4 heteroatoms. The van der Waals surface area contributed by atoms with Gasteiger partial charge in [-0.3, -0.25) is 9.59 Å². The SMILES string of the molecule is CC(=O)O[C@H]1CC[C@@]2(C)[C@@H](CC[C@@H]3[C@@H]2CC[C@]2(C)[C@@H]([C@H](C)OC(C)=O)CC[C@@H]32)C1. The van der Waals surface area contributed by atoms with Gasteiger partial charge in [0.05, 0.1) is 0 Å².